The predicted octanol–water partition coefficient (Wildman–Crippen LogP) is 1.92. The van der Waals surface area contributed by atoms with Crippen molar-refractivity contribution in [2.75, 3.05) is 13.6 Å². The fraction of sp³-hybridized carbons (Fsp3) is 0.625. The van der Waals surface area contributed by atoms with Crippen molar-refractivity contribution < 1.29 is 0 Å². The van der Waals surface area contributed by atoms with Crippen LogP contribution in [-0.2, 0) is 0 Å². The topological polar surface area (TPSA) is 41.6 Å². The lowest BCUT2D eigenvalue weighted by atomic mass is 10.6. The molecule has 1 aliphatic rings. The fourth-order valence-electron chi connectivity index (χ4n) is 0.927. The van der Waals surface area contributed by atoms with Gasteiger partial charge in [-0.15, -0.1) is 24.0 Å². The Morgan fingerprint density at radius 1 is 1.69 bits per heavy atom. The third-order valence-corrected chi connectivity index (χ3v) is 2.12. The molecule has 2 N–H and O–H groups in total. The summed E-state index contributed by atoms with van der Waals surface area (Å²) in [6.45, 7) is 4.24. The fourth-order valence-corrected chi connectivity index (χ4v) is 1.05. The highest BCUT2D eigenvalue weighted by molar-refractivity contribution is 14.0. The summed E-state index contributed by atoms with van der Waals surface area (Å²) in [5.41, 5.74) is 5.72. The van der Waals surface area contributed by atoms with Crippen molar-refractivity contribution in [2.24, 2.45) is 10.7 Å². The van der Waals surface area contributed by atoms with Crippen molar-refractivity contribution in [3.8, 4) is 0 Å². The van der Waals surface area contributed by atoms with Gasteiger partial charge in [-0.05, 0) is 12.8 Å². The summed E-state index contributed by atoms with van der Waals surface area (Å²) in [7, 11) is 1.98. The number of guanidine groups is 1. The third-order valence-electron chi connectivity index (χ3n) is 1.87. The van der Waals surface area contributed by atoms with E-state index in [1.165, 1.54) is 12.8 Å². The zero-order valence-corrected chi connectivity index (χ0v) is 11.6. The van der Waals surface area contributed by atoms with Crippen molar-refractivity contribution in [1.82, 2.24) is 4.90 Å². The van der Waals surface area contributed by atoms with Gasteiger partial charge in [0.15, 0.2) is 5.96 Å². The lowest BCUT2D eigenvalue weighted by Crippen LogP contribution is -2.35. The minimum atomic E-state index is 0. The largest absolute Gasteiger partial charge is 0.370 e. The van der Waals surface area contributed by atoms with Gasteiger partial charge >= 0.3 is 0 Å². The van der Waals surface area contributed by atoms with Gasteiger partial charge in [0.2, 0.25) is 0 Å². The van der Waals surface area contributed by atoms with Gasteiger partial charge in [0, 0.05) is 17.6 Å². The maximum Gasteiger partial charge on any atom is 0.191 e. The second-order valence-corrected chi connectivity index (χ2v) is 4.16. The predicted molar refractivity (Wildman–Crippen MR) is 70.8 cm³/mol. The van der Waals surface area contributed by atoms with Crippen molar-refractivity contribution in [3.05, 3.63) is 11.1 Å². The molecule has 1 saturated carbocycles. The molecule has 13 heavy (non-hydrogen) atoms. The van der Waals surface area contributed by atoms with E-state index >= 15 is 0 Å². The highest BCUT2D eigenvalue weighted by atomic mass is 127. The lowest BCUT2D eigenvalue weighted by Gasteiger charge is -2.16. The van der Waals surface area contributed by atoms with Crippen molar-refractivity contribution in [1.29, 1.82) is 0 Å². The molecule has 1 fully saturated rings. The Hall–Kier alpha value is 0.220. The van der Waals surface area contributed by atoms with E-state index < -0.39 is 0 Å². The van der Waals surface area contributed by atoms with Gasteiger partial charge in [0.1, 0.15) is 0 Å². The molecule has 0 aromatic carbocycles. The number of aliphatic imine (C=N–C) groups is 1. The summed E-state index contributed by atoms with van der Waals surface area (Å²) in [6.07, 6.45) is 2.48. The van der Waals surface area contributed by atoms with Crippen LogP contribution in [0.2, 0.25) is 0 Å². The molecule has 0 aromatic rings. The molecule has 0 saturated heterocycles. The quantitative estimate of drug-likeness (QED) is 0.475. The zero-order chi connectivity index (χ0) is 9.14. The molecule has 0 heterocycles. The third kappa shape index (κ3) is 4.85. The summed E-state index contributed by atoms with van der Waals surface area (Å²) >= 11 is 3.23. The SMILES string of the molecule is C=C(Br)CN=C(N)N(C)C1CC1.I. The molecule has 76 valence electrons. The van der Waals surface area contributed by atoms with Crippen LogP contribution in [0.5, 0.6) is 0 Å². The van der Waals surface area contributed by atoms with E-state index in [2.05, 4.69) is 27.5 Å². The average molecular weight is 360 g/mol. The minimum absolute atomic E-state index is 0. The van der Waals surface area contributed by atoms with E-state index in [0.717, 1.165) is 4.48 Å². The molecule has 5 heteroatoms. The van der Waals surface area contributed by atoms with Gasteiger partial charge in [-0.2, -0.15) is 0 Å². The van der Waals surface area contributed by atoms with Crippen LogP contribution < -0.4 is 5.73 Å². The van der Waals surface area contributed by atoms with E-state index in [4.69, 9.17) is 5.73 Å². The standard InChI is InChI=1S/C8H14BrN3.HI/c1-6(9)5-11-8(10)12(2)7-3-4-7;/h7H,1,3-5H2,2H3,(H2,10,11);1H. The Balaban J connectivity index is 0.00000144. The van der Waals surface area contributed by atoms with Crippen molar-refractivity contribution >= 4 is 45.9 Å². The lowest BCUT2D eigenvalue weighted by molar-refractivity contribution is 0.488. The van der Waals surface area contributed by atoms with Gasteiger partial charge in [0.05, 0.1) is 6.54 Å². The Kier molecular flexibility index (Phi) is 5.95. The van der Waals surface area contributed by atoms with Gasteiger partial charge in [-0.3, -0.25) is 0 Å². The number of nitrogens with zero attached hydrogens (tertiary/aromatic N) is 2. The second kappa shape index (κ2) is 5.85. The van der Waals surface area contributed by atoms with Crippen LogP contribution in [0.15, 0.2) is 16.1 Å². The summed E-state index contributed by atoms with van der Waals surface area (Å²) < 4.78 is 0.856. The molecule has 0 aromatic heterocycles. The van der Waals surface area contributed by atoms with Crippen LogP contribution in [-0.4, -0.2) is 30.5 Å². The molecule has 0 amide bonds. The first kappa shape index (κ1) is 13.2. The minimum Gasteiger partial charge on any atom is -0.370 e. The van der Waals surface area contributed by atoms with Crippen LogP contribution >= 0.6 is 39.9 Å². The molecule has 0 radical (unpaired) electrons. The average Bonchev–Trinajstić information content (AvgIpc) is 2.80. The molecule has 1 aliphatic carbocycles. The van der Waals surface area contributed by atoms with E-state index in [9.17, 15) is 0 Å². The van der Waals surface area contributed by atoms with Gasteiger partial charge in [-0.25, -0.2) is 4.99 Å². The Morgan fingerprint density at radius 2 is 2.23 bits per heavy atom. The summed E-state index contributed by atoms with van der Waals surface area (Å²) in [5, 5.41) is 0. The Morgan fingerprint density at radius 3 is 2.62 bits per heavy atom. The molecule has 0 aliphatic heterocycles. The molecule has 0 unspecified atom stereocenters. The molecule has 0 atom stereocenters. The summed E-state index contributed by atoms with van der Waals surface area (Å²) in [4.78, 5) is 6.18. The Labute approximate surface area is 105 Å². The number of hydrogen-bond acceptors (Lipinski definition) is 1. The Bertz CT molecular complexity index is 213. The summed E-state index contributed by atoms with van der Waals surface area (Å²) in [5.74, 6) is 0.609. The highest BCUT2D eigenvalue weighted by Gasteiger charge is 2.27. The van der Waals surface area contributed by atoms with Crippen LogP contribution in [0.1, 0.15) is 12.8 Å². The molecular formula is C8H15BrIN3. The molecule has 3 nitrogen and oxygen atoms in total. The van der Waals surface area contributed by atoms with Crippen LogP contribution in [0.4, 0.5) is 0 Å². The first-order valence-corrected chi connectivity index (χ1v) is 4.76. The first-order chi connectivity index (χ1) is 5.61. The van der Waals surface area contributed by atoms with E-state index in [1.807, 2.05) is 11.9 Å². The molecule has 0 spiro atoms. The zero-order valence-electron chi connectivity index (χ0n) is 7.66. The smallest absolute Gasteiger partial charge is 0.191 e. The van der Waals surface area contributed by atoms with Crippen LogP contribution in [0.25, 0.3) is 0 Å². The van der Waals surface area contributed by atoms with E-state index in [0.29, 0.717) is 18.5 Å². The van der Waals surface area contributed by atoms with E-state index in [-0.39, 0.29) is 24.0 Å². The molecule has 1 rings (SSSR count). The highest BCUT2D eigenvalue weighted by Crippen LogP contribution is 2.24. The van der Waals surface area contributed by atoms with Gasteiger partial charge < -0.3 is 10.6 Å². The first-order valence-electron chi connectivity index (χ1n) is 3.97. The van der Waals surface area contributed by atoms with Gasteiger partial charge in [-0.1, -0.05) is 22.5 Å². The number of rotatable bonds is 3. The molecular weight excluding hydrogens is 345 g/mol. The van der Waals surface area contributed by atoms with Crippen LogP contribution in [0.3, 0.4) is 0 Å². The normalized spacial score (nSPS) is 16.3. The maximum absolute atomic E-state index is 5.72. The monoisotopic (exact) mass is 359 g/mol. The van der Waals surface area contributed by atoms with Gasteiger partial charge in [0.25, 0.3) is 0 Å². The summed E-state index contributed by atoms with van der Waals surface area (Å²) in [6, 6.07) is 0.623. The van der Waals surface area contributed by atoms with Crippen LogP contribution in [0, 0.1) is 0 Å². The van der Waals surface area contributed by atoms with E-state index in [1.54, 1.807) is 0 Å². The molecule has 0 bridgehead atoms. The van der Waals surface area contributed by atoms with Crippen molar-refractivity contribution in [2.45, 2.75) is 18.9 Å². The maximum atomic E-state index is 5.72. The van der Waals surface area contributed by atoms with Crippen molar-refractivity contribution in [3.63, 3.8) is 0 Å². The number of hydrogen-bond donors (Lipinski definition) is 1. The number of nitrogens with two attached hydrogens (primary N) is 1. The second-order valence-electron chi connectivity index (χ2n) is 3.03. The number of halogens is 2.